The van der Waals surface area contributed by atoms with Crippen LogP contribution in [0.2, 0.25) is 0 Å². The van der Waals surface area contributed by atoms with E-state index in [1.165, 1.54) is 0 Å². The fourth-order valence-electron chi connectivity index (χ4n) is 1.90. The number of aryl methyl sites for hydroxylation is 1. The Labute approximate surface area is 109 Å². The number of anilines is 1. The lowest BCUT2D eigenvalue weighted by Crippen LogP contribution is -2.32. The number of carbonyl (C=O) groups excluding carboxylic acids is 1. The van der Waals surface area contributed by atoms with Crippen LogP contribution in [0.3, 0.4) is 0 Å². The molecule has 0 saturated heterocycles. The zero-order valence-electron chi connectivity index (χ0n) is 11.1. The Kier molecular flexibility index (Phi) is 6.05. The van der Waals surface area contributed by atoms with Gasteiger partial charge in [-0.3, -0.25) is 4.79 Å². The van der Waals surface area contributed by atoms with E-state index in [0.29, 0.717) is 13.0 Å². The van der Waals surface area contributed by atoms with Gasteiger partial charge in [0.2, 0.25) is 6.41 Å². The van der Waals surface area contributed by atoms with Gasteiger partial charge in [0.25, 0.3) is 0 Å². The molecule has 2 N–H and O–H groups in total. The Bertz CT molecular complexity index is 380. The molecule has 0 spiro atoms. The molecular weight excluding hydrogens is 228 g/mol. The van der Waals surface area contributed by atoms with E-state index in [4.69, 9.17) is 0 Å². The second-order valence-electron chi connectivity index (χ2n) is 4.38. The van der Waals surface area contributed by atoms with Crippen molar-refractivity contribution < 1.29 is 9.90 Å². The fourth-order valence-corrected chi connectivity index (χ4v) is 1.90. The van der Waals surface area contributed by atoms with Crippen molar-refractivity contribution in [2.75, 3.05) is 24.5 Å². The zero-order valence-corrected chi connectivity index (χ0v) is 11.1. The Morgan fingerprint density at radius 2 is 2.17 bits per heavy atom. The normalized spacial score (nSPS) is 10.1. The van der Waals surface area contributed by atoms with E-state index in [-0.39, 0.29) is 5.75 Å². The number of carbonyl (C=O) groups is 1. The summed E-state index contributed by atoms with van der Waals surface area (Å²) >= 11 is 0. The third-order valence-electron chi connectivity index (χ3n) is 2.92. The maximum Gasteiger partial charge on any atom is 0.207 e. The lowest BCUT2D eigenvalue weighted by molar-refractivity contribution is -0.109. The van der Waals surface area contributed by atoms with Crippen LogP contribution in [-0.2, 0) is 4.79 Å². The lowest BCUT2D eigenvalue weighted by atomic mass is 10.1. The van der Waals surface area contributed by atoms with Crippen LogP contribution in [0.1, 0.15) is 25.3 Å². The first-order valence-corrected chi connectivity index (χ1v) is 6.40. The van der Waals surface area contributed by atoms with Crippen molar-refractivity contribution in [3.8, 4) is 5.75 Å². The molecule has 0 aliphatic heterocycles. The number of rotatable bonds is 8. The molecule has 0 radical (unpaired) electrons. The SMILES string of the molecule is CCCCN(CCNC=O)c1cc(O)ccc1C. The Balaban J connectivity index is 2.78. The van der Waals surface area contributed by atoms with Gasteiger partial charge in [0.05, 0.1) is 0 Å². The molecular formula is C14H22N2O2. The molecule has 0 heterocycles. The van der Waals surface area contributed by atoms with Gasteiger partial charge in [-0.1, -0.05) is 19.4 Å². The van der Waals surface area contributed by atoms with Gasteiger partial charge in [-0.15, -0.1) is 0 Å². The van der Waals surface area contributed by atoms with E-state index in [1.807, 2.05) is 13.0 Å². The first kappa shape index (κ1) is 14.4. The maximum atomic E-state index is 10.3. The number of nitrogens with one attached hydrogen (secondary N) is 1. The van der Waals surface area contributed by atoms with E-state index in [2.05, 4.69) is 17.1 Å². The van der Waals surface area contributed by atoms with Gasteiger partial charge in [0, 0.05) is 31.4 Å². The first-order valence-electron chi connectivity index (χ1n) is 6.40. The van der Waals surface area contributed by atoms with E-state index in [0.717, 1.165) is 37.2 Å². The van der Waals surface area contributed by atoms with Crippen LogP contribution < -0.4 is 10.2 Å². The molecule has 1 aromatic carbocycles. The highest BCUT2D eigenvalue weighted by Gasteiger charge is 2.09. The van der Waals surface area contributed by atoms with E-state index in [9.17, 15) is 9.90 Å². The van der Waals surface area contributed by atoms with Gasteiger partial charge >= 0.3 is 0 Å². The molecule has 1 amide bonds. The summed E-state index contributed by atoms with van der Waals surface area (Å²) in [5.74, 6) is 0.278. The van der Waals surface area contributed by atoms with Crippen LogP contribution in [0, 0.1) is 6.92 Å². The number of hydrogen-bond acceptors (Lipinski definition) is 3. The predicted octanol–water partition coefficient (Wildman–Crippen LogP) is 2.05. The van der Waals surface area contributed by atoms with Crippen molar-refractivity contribution in [3.63, 3.8) is 0 Å². The summed E-state index contributed by atoms with van der Waals surface area (Å²) in [5.41, 5.74) is 2.17. The molecule has 1 aromatic rings. The van der Waals surface area contributed by atoms with Crippen molar-refractivity contribution in [3.05, 3.63) is 23.8 Å². The Morgan fingerprint density at radius 1 is 1.39 bits per heavy atom. The Morgan fingerprint density at radius 3 is 2.83 bits per heavy atom. The van der Waals surface area contributed by atoms with Crippen LogP contribution in [0.15, 0.2) is 18.2 Å². The minimum atomic E-state index is 0.278. The minimum Gasteiger partial charge on any atom is -0.508 e. The van der Waals surface area contributed by atoms with Gasteiger partial charge in [-0.05, 0) is 25.0 Å². The summed E-state index contributed by atoms with van der Waals surface area (Å²) in [5, 5.41) is 12.3. The predicted molar refractivity (Wildman–Crippen MR) is 74.0 cm³/mol. The van der Waals surface area contributed by atoms with Gasteiger partial charge in [0.1, 0.15) is 5.75 Å². The molecule has 0 fully saturated rings. The highest BCUT2D eigenvalue weighted by Crippen LogP contribution is 2.25. The van der Waals surface area contributed by atoms with Crippen LogP contribution in [-0.4, -0.2) is 31.2 Å². The third-order valence-corrected chi connectivity index (χ3v) is 2.92. The number of phenolic OH excluding ortho intramolecular Hbond substituents is 1. The second kappa shape index (κ2) is 7.58. The number of benzene rings is 1. The number of nitrogens with zero attached hydrogens (tertiary/aromatic N) is 1. The number of phenols is 1. The third kappa shape index (κ3) is 4.28. The molecule has 0 aliphatic rings. The summed E-state index contributed by atoms with van der Waals surface area (Å²) in [6.45, 7) is 6.48. The lowest BCUT2D eigenvalue weighted by Gasteiger charge is -2.26. The quantitative estimate of drug-likeness (QED) is 0.548. The van der Waals surface area contributed by atoms with Gasteiger partial charge in [0.15, 0.2) is 0 Å². The van der Waals surface area contributed by atoms with E-state index in [1.54, 1.807) is 12.1 Å². The largest absolute Gasteiger partial charge is 0.508 e. The van der Waals surface area contributed by atoms with Gasteiger partial charge < -0.3 is 15.3 Å². The monoisotopic (exact) mass is 250 g/mol. The van der Waals surface area contributed by atoms with Gasteiger partial charge in [-0.25, -0.2) is 0 Å². The van der Waals surface area contributed by atoms with Crippen molar-refractivity contribution >= 4 is 12.1 Å². The van der Waals surface area contributed by atoms with E-state index >= 15 is 0 Å². The summed E-state index contributed by atoms with van der Waals surface area (Å²) in [4.78, 5) is 12.5. The zero-order chi connectivity index (χ0) is 13.4. The highest BCUT2D eigenvalue weighted by molar-refractivity contribution is 5.56. The van der Waals surface area contributed by atoms with Crippen molar-refractivity contribution in [1.29, 1.82) is 0 Å². The summed E-state index contributed by atoms with van der Waals surface area (Å²) in [6.07, 6.45) is 2.93. The van der Waals surface area contributed by atoms with Crippen molar-refractivity contribution in [2.45, 2.75) is 26.7 Å². The fraction of sp³-hybridized carbons (Fsp3) is 0.500. The molecule has 0 saturated carbocycles. The summed E-state index contributed by atoms with van der Waals surface area (Å²) < 4.78 is 0. The molecule has 0 aliphatic carbocycles. The molecule has 0 unspecified atom stereocenters. The summed E-state index contributed by atoms with van der Waals surface area (Å²) in [6, 6.07) is 5.39. The number of hydrogen-bond donors (Lipinski definition) is 2. The minimum absolute atomic E-state index is 0.278. The molecule has 0 atom stereocenters. The number of unbranched alkanes of at least 4 members (excludes halogenated alkanes) is 1. The molecule has 0 aromatic heterocycles. The average molecular weight is 250 g/mol. The second-order valence-corrected chi connectivity index (χ2v) is 4.38. The summed E-state index contributed by atoms with van der Waals surface area (Å²) in [7, 11) is 0. The van der Waals surface area contributed by atoms with Crippen molar-refractivity contribution in [2.24, 2.45) is 0 Å². The van der Waals surface area contributed by atoms with Crippen LogP contribution in [0.25, 0.3) is 0 Å². The molecule has 18 heavy (non-hydrogen) atoms. The average Bonchev–Trinajstić information content (AvgIpc) is 2.37. The number of amides is 1. The Hall–Kier alpha value is -1.71. The molecule has 1 rings (SSSR count). The van der Waals surface area contributed by atoms with Crippen LogP contribution in [0.4, 0.5) is 5.69 Å². The van der Waals surface area contributed by atoms with E-state index < -0.39 is 0 Å². The van der Waals surface area contributed by atoms with Crippen LogP contribution in [0.5, 0.6) is 5.75 Å². The standard InChI is InChI=1S/C14H22N2O2/c1-3-4-8-16(9-7-15-11-17)14-10-13(18)6-5-12(14)2/h5-6,10-11,18H,3-4,7-9H2,1-2H3,(H,15,17). The number of aromatic hydroxyl groups is 1. The first-order chi connectivity index (χ1) is 8.69. The molecule has 4 nitrogen and oxygen atoms in total. The van der Waals surface area contributed by atoms with Gasteiger partial charge in [-0.2, -0.15) is 0 Å². The van der Waals surface area contributed by atoms with Crippen LogP contribution >= 0.6 is 0 Å². The van der Waals surface area contributed by atoms with Crippen molar-refractivity contribution in [1.82, 2.24) is 5.32 Å². The molecule has 0 bridgehead atoms. The maximum absolute atomic E-state index is 10.3. The molecule has 4 heteroatoms. The highest BCUT2D eigenvalue weighted by atomic mass is 16.3. The molecule has 100 valence electrons. The smallest absolute Gasteiger partial charge is 0.207 e. The topological polar surface area (TPSA) is 52.6 Å².